The van der Waals surface area contributed by atoms with Crippen LogP contribution in [0.2, 0.25) is 0 Å². The minimum Gasteiger partial charge on any atom is -0.508 e. The quantitative estimate of drug-likeness (QED) is 0.656. The first-order valence-electron chi connectivity index (χ1n) is 10.5. The van der Waals surface area contributed by atoms with Crippen LogP contribution in [0, 0.1) is 6.57 Å². The fourth-order valence-corrected chi connectivity index (χ4v) is 4.56. The number of aryl methyl sites for hydroxylation is 1. The maximum absolute atomic E-state index is 12.6. The van der Waals surface area contributed by atoms with Crippen molar-refractivity contribution in [1.82, 2.24) is 14.5 Å². The van der Waals surface area contributed by atoms with E-state index in [-0.39, 0.29) is 29.4 Å². The third-order valence-electron chi connectivity index (χ3n) is 6.39. The van der Waals surface area contributed by atoms with Crippen LogP contribution in [0.25, 0.3) is 15.9 Å². The molecule has 0 saturated carbocycles. The molecule has 0 bridgehead atoms. The Morgan fingerprint density at radius 3 is 2.52 bits per heavy atom. The molecule has 4 rings (SSSR count). The fraction of sp³-hybridized carbons (Fsp3) is 0.375. The number of nitrogens with zero attached hydrogens (tertiary/aromatic N) is 5. The predicted octanol–water partition coefficient (Wildman–Crippen LogP) is 3.85. The average molecular weight is 418 g/mol. The molecule has 1 unspecified atom stereocenters. The summed E-state index contributed by atoms with van der Waals surface area (Å²) in [5.74, 6) is 0.596. The molecule has 3 atom stereocenters. The fourth-order valence-electron chi connectivity index (χ4n) is 4.56. The van der Waals surface area contributed by atoms with Gasteiger partial charge < -0.3 is 19.4 Å². The third kappa shape index (κ3) is 3.75. The molecule has 3 aromatic rings. The highest BCUT2D eigenvalue weighted by Gasteiger charge is 2.34. The van der Waals surface area contributed by atoms with Crippen molar-refractivity contribution in [2.45, 2.75) is 38.9 Å². The topological polar surface area (TPSA) is 66.0 Å². The van der Waals surface area contributed by atoms with Gasteiger partial charge in [0.15, 0.2) is 0 Å². The zero-order valence-corrected chi connectivity index (χ0v) is 18.3. The molecule has 1 aromatic carbocycles. The molecule has 7 heteroatoms. The van der Waals surface area contributed by atoms with E-state index in [9.17, 15) is 9.90 Å². The van der Waals surface area contributed by atoms with E-state index in [1.54, 1.807) is 41.9 Å². The van der Waals surface area contributed by atoms with E-state index in [0.717, 1.165) is 29.9 Å². The first-order valence-corrected chi connectivity index (χ1v) is 10.5. The summed E-state index contributed by atoms with van der Waals surface area (Å²) in [6.07, 6.45) is 0. The Morgan fingerprint density at radius 1 is 1.13 bits per heavy atom. The number of hydrogen-bond donors (Lipinski definition) is 1. The second-order valence-electron chi connectivity index (χ2n) is 8.39. The van der Waals surface area contributed by atoms with Gasteiger partial charge in [0.05, 0.1) is 11.2 Å². The van der Waals surface area contributed by atoms with Gasteiger partial charge in [-0.2, -0.15) is 0 Å². The zero-order chi connectivity index (χ0) is 22.3. The largest absolute Gasteiger partial charge is 0.508 e. The van der Waals surface area contributed by atoms with Crippen molar-refractivity contribution in [2.75, 3.05) is 18.0 Å². The summed E-state index contributed by atoms with van der Waals surface area (Å²) >= 11 is 0. The summed E-state index contributed by atoms with van der Waals surface area (Å²) in [5.41, 5.74) is 3.29. The molecular formula is C24H27N5O2. The average Bonchev–Trinajstić information content (AvgIpc) is 2.77. The molecular weight excluding hydrogens is 390 g/mol. The Balaban J connectivity index is 1.69. The number of rotatable bonds is 3. The summed E-state index contributed by atoms with van der Waals surface area (Å²) in [6.45, 7) is 15.4. The summed E-state index contributed by atoms with van der Waals surface area (Å²) < 4.78 is 1.58. The smallest absolute Gasteiger partial charge is 0.270 e. The molecule has 0 spiro atoms. The van der Waals surface area contributed by atoms with Crippen molar-refractivity contribution < 1.29 is 5.11 Å². The van der Waals surface area contributed by atoms with Crippen LogP contribution in [0.15, 0.2) is 47.3 Å². The number of phenolic OH excluding ortho intramolecular Hbond substituents is 1. The van der Waals surface area contributed by atoms with E-state index in [2.05, 4.69) is 40.4 Å². The molecule has 0 amide bonds. The van der Waals surface area contributed by atoms with E-state index in [4.69, 9.17) is 6.57 Å². The van der Waals surface area contributed by atoms with Crippen LogP contribution in [-0.2, 0) is 7.05 Å². The first-order chi connectivity index (χ1) is 14.8. The van der Waals surface area contributed by atoms with Crippen molar-refractivity contribution in [3.63, 3.8) is 0 Å². The van der Waals surface area contributed by atoms with Crippen LogP contribution in [0.4, 0.5) is 11.5 Å². The molecule has 1 fully saturated rings. The van der Waals surface area contributed by atoms with Crippen LogP contribution in [0.1, 0.15) is 32.4 Å². The summed E-state index contributed by atoms with van der Waals surface area (Å²) in [4.78, 5) is 25.4. The minimum atomic E-state index is -0.0837. The zero-order valence-electron chi connectivity index (χ0n) is 18.3. The Kier molecular flexibility index (Phi) is 5.42. The Labute approximate surface area is 182 Å². The Morgan fingerprint density at radius 2 is 1.84 bits per heavy atom. The van der Waals surface area contributed by atoms with Gasteiger partial charge in [-0.25, -0.2) is 0 Å². The number of fused-ring (bicyclic) bond motifs is 1. The van der Waals surface area contributed by atoms with E-state index in [0.29, 0.717) is 11.3 Å². The van der Waals surface area contributed by atoms with Gasteiger partial charge in [0.1, 0.15) is 5.75 Å². The molecule has 7 nitrogen and oxygen atoms in total. The summed E-state index contributed by atoms with van der Waals surface area (Å²) in [5, 5.41) is 9.60. The SMILES string of the molecule is [C-]#[N+]c1ccc2c(n1)c(N1C[C@@H](C)N(C(C)c3ccc(O)cc3)C[C@@H]1C)cc(=O)n2C. The maximum atomic E-state index is 12.6. The van der Waals surface area contributed by atoms with Gasteiger partial charge in [0, 0.05) is 44.3 Å². The molecule has 3 heterocycles. The molecule has 2 aromatic heterocycles. The van der Waals surface area contributed by atoms with Crippen molar-refractivity contribution in [1.29, 1.82) is 0 Å². The molecule has 1 aliphatic rings. The van der Waals surface area contributed by atoms with Gasteiger partial charge in [0.2, 0.25) is 5.52 Å². The number of phenols is 1. The van der Waals surface area contributed by atoms with Gasteiger partial charge in [-0.05, 0) is 50.6 Å². The van der Waals surface area contributed by atoms with Crippen LogP contribution >= 0.6 is 0 Å². The molecule has 0 radical (unpaired) electrons. The van der Waals surface area contributed by atoms with Crippen LogP contribution in [-0.4, -0.2) is 44.7 Å². The normalized spacial score (nSPS) is 20.5. The standard InChI is InChI=1S/C24H27N5O2/c1-15-14-29(16(2)13-28(15)17(3)18-6-8-19(30)9-7-18)21-12-23(31)27(5)20-10-11-22(25-4)26-24(20)21/h6-12,15-17,30H,13-14H2,1-3,5H3/t15-,16+,17?/m1/s1. The van der Waals surface area contributed by atoms with Crippen molar-refractivity contribution in [3.8, 4) is 5.75 Å². The Hall–Kier alpha value is -3.37. The molecule has 0 aliphatic carbocycles. The molecule has 31 heavy (non-hydrogen) atoms. The Bertz CT molecular complexity index is 1210. The summed E-state index contributed by atoms with van der Waals surface area (Å²) in [7, 11) is 1.73. The van der Waals surface area contributed by atoms with Gasteiger partial charge >= 0.3 is 0 Å². The minimum absolute atomic E-state index is 0.0837. The van der Waals surface area contributed by atoms with E-state index < -0.39 is 0 Å². The van der Waals surface area contributed by atoms with Gasteiger partial charge in [-0.15, -0.1) is 4.98 Å². The molecule has 160 valence electrons. The lowest BCUT2D eigenvalue weighted by molar-refractivity contribution is 0.119. The first kappa shape index (κ1) is 20.9. The molecule has 1 saturated heterocycles. The second-order valence-corrected chi connectivity index (χ2v) is 8.39. The highest BCUT2D eigenvalue weighted by molar-refractivity contribution is 5.89. The number of benzene rings is 1. The van der Waals surface area contributed by atoms with E-state index in [1.165, 1.54) is 0 Å². The van der Waals surface area contributed by atoms with Crippen molar-refractivity contribution in [2.24, 2.45) is 7.05 Å². The number of hydrogen-bond acceptors (Lipinski definition) is 5. The number of anilines is 1. The van der Waals surface area contributed by atoms with Crippen molar-refractivity contribution >= 4 is 22.5 Å². The van der Waals surface area contributed by atoms with Gasteiger partial charge in [-0.3, -0.25) is 9.69 Å². The highest BCUT2D eigenvalue weighted by atomic mass is 16.3. The second kappa shape index (κ2) is 8.05. The lowest BCUT2D eigenvalue weighted by Gasteiger charge is -2.47. The van der Waals surface area contributed by atoms with Gasteiger partial charge in [-0.1, -0.05) is 18.7 Å². The summed E-state index contributed by atoms with van der Waals surface area (Å²) in [6, 6.07) is 13.1. The third-order valence-corrected chi connectivity index (χ3v) is 6.39. The van der Waals surface area contributed by atoms with Crippen molar-refractivity contribution in [3.05, 3.63) is 69.8 Å². The molecule has 1 N–H and O–H groups in total. The van der Waals surface area contributed by atoms with E-state index in [1.807, 2.05) is 12.1 Å². The van der Waals surface area contributed by atoms with Crippen LogP contribution in [0.5, 0.6) is 5.75 Å². The maximum Gasteiger partial charge on any atom is 0.270 e. The monoisotopic (exact) mass is 417 g/mol. The predicted molar refractivity (Wildman–Crippen MR) is 123 cm³/mol. The van der Waals surface area contributed by atoms with Crippen LogP contribution in [0.3, 0.4) is 0 Å². The lowest BCUT2D eigenvalue weighted by atomic mass is 10.00. The number of piperazine rings is 1. The number of aromatic hydroxyl groups is 1. The van der Waals surface area contributed by atoms with Gasteiger partial charge in [0.25, 0.3) is 11.4 Å². The van der Waals surface area contributed by atoms with E-state index >= 15 is 0 Å². The van der Waals surface area contributed by atoms with Crippen LogP contribution < -0.4 is 10.5 Å². The molecule has 1 aliphatic heterocycles. The lowest BCUT2D eigenvalue weighted by Crippen LogP contribution is -2.57. The highest BCUT2D eigenvalue weighted by Crippen LogP contribution is 2.33. The number of pyridine rings is 2. The number of aromatic nitrogens is 2.